The number of H-pyrrole nitrogens is 2. The average Bonchev–Trinajstić information content (AvgIpc) is 4.29. The molecule has 0 saturated carbocycles. The number of rotatable bonds is 8. The van der Waals surface area contributed by atoms with Crippen LogP contribution in [0.15, 0.2) is 159 Å². The van der Waals surface area contributed by atoms with Gasteiger partial charge < -0.3 is 15.3 Å². The number of aldehydes is 1. The van der Waals surface area contributed by atoms with Crippen LogP contribution in [-0.2, 0) is 20.9 Å². The number of nitrogens with one attached hydrogen (secondary N) is 3. The number of aromatic nitrogens is 12. The Morgan fingerprint density at radius 3 is 1.42 bits per heavy atom. The van der Waals surface area contributed by atoms with Gasteiger partial charge in [0.05, 0.1) is 35.0 Å². The van der Waals surface area contributed by atoms with E-state index in [-0.39, 0.29) is 34.7 Å². The van der Waals surface area contributed by atoms with E-state index in [4.69, 9.17) is 4.98 Å². The summed E-state index contributed by atoms with van der Waals surface area (Å²) in [7, 11) is 0.628. The number of imidazole rings is 2. The van der Waals surface area contributed by atoms with Crippen LogP contribution in [0.25, 0.3) is 56.6 Å². The van der Waals surface area contributed by atoms with Crippen molar-refractivity contribution < 1.29 is 19.2 Å². The van der Waals surface area contributed by atoms with E-state index in [1.54, 1.807) is 27.8 Å². The molecule has 0 amide bonds. The topological polar surface area (TPSA) is 173 Å². The largest absolute Gasteiger partial charge is 0.378 e. The molecule has 73 heavy (non-hydrogen) atoms. The number of carbonyl (C=O) groups excluding carboxylic acids is 1. The van der Waals surface area contributed by atoms with Gasteiger partial charge in [-0.25, -0.2) is 29.0 Å². The smallest absolute Gasteiger partial charge is 0.155 e. The Kier molecular flexibility index (Phi) is 39.0. The maximum Gasteiger partial charge on any atom is 0.155 e. The number of fused-ring (bicyclic) bond motifs is 2. The summed E-state index contributed by atoms with van der Waals surface area (Å²) < 4.78 is 3.40. The Morgan fingerprint density at radius 2 is 1.01 bits per heavy atom. The molecular formula is C51H60I6N13OV2. The number of carbonyl (C=O) groups is 1. The van der Waals surface area contributed by atoms with Gasteiger partial charge >= 0.3 is 114 Å². The van der Waals surface area contributed by atoms with Gasteiger partial charge in [0.2, 0.25) is 0 Å². The number of anilines is 1. The number of pyridine rings is 4. The number of benzene rings is 2. The SMILES string of the molecule is CC.CC.CC.CC.Cc1ccccc1.I.O=Cc1nc(-c2ccc3ncnn3c2)c(-c2ccccn2)[nH]1.[I][V]([I])[I].[I][V][I].c1ccc(NCc2nc(-c3ccc4ncnn4c3)c(-c3ccccn3)[nH]2)cc1. The first-order valence-electron chi connectivity index (χ1n) is 22.8. The third-order valence-electron chi connectivity index (χ3n) is 8.70. The molecule has 8 heterocycles. The fraction of sp³-hybridized carbons (Fsp3) is 0.196. The summed E-state index contributed by atoms with van der Waals surface area (Å²) >= 11 is 12.1. The minimum atomic E-state index is -0.278. The number of aryl methyl sites for hydroxylation is 1. The molecule has 387 valence electrons. The Labute approximate surface area is 513 Å². The summed E-state index contributed by atoms with van der Waals surface area (Å²) in [5.74, 6) is 1.09. The van der Waals surface area contributed by atoms with Crippen LogP contribution >= 0.6 is 124 Å². The summed E-state index contributed by atoms with van der Waals surface area (Å²) in [5.41, 5.74) is 10.3. The van der Waals surface area contributed by atoms with Gasteiger partial charge in [0.25, 0.3) is 0 Å². The summed E-state index contributed by atoms with van der Waals surface area (Å²) in [5, 5.41) is 11.7. The predicted octanol–water partition coefficient (Wildman–Crippen LogP) is 16.9. The van der Waals surface area contributed by atoms with Crippen LogP contribution in [-0.4, -0.2) is 65.4 Å². The van der Waals surface area contributed by atoms with Gasteiger partial charge in [0.15, 0.2) is 23.4 Å². The van der Waals surface area contributed by atoms with E-state index in [9.17, 15) is 4.79 Å². The zero-order chi connectivity index (χ0) is 53.1. The zero-order valence-electron chi connectivity index (χ0n) is 41.9. The van der Waals surface area contributed by atoms with Crippen molar-refractivity contribution in [1.82, 2.24) is 59.1 Å². The second-order valence-electron chi connectivity index (χ2n) is 12.9. The van der Waals surface area contributed by atoms with Crippen molar-refractivity contribution in [2.24, 2.45) is 0 Å². The molecule has 0 spiro atoms. The summed E-state index contributed by atoms with van der Waals surface area (Å²) in [6, 6.07) is 39.4. The third-order valence-corrected chi connectivity index (χ3v) is 8.70. The Hall–Kier alpha value is -2.58. The molecule has 3 N–H and O–H groups in total. The number of aromatic amines is 2. The number of nitrogens with zero attached hydrogens (tertiary/aromatic N) is 10. The van der Waals surface area contributed by atoms with Crippen LogP contribution < -0.4 is 5.32 Å². The van der Waals surface area contributed by atoms with Crippen molar-refractivity contribution in [3.8, 4) is 45.3 Å². The van der Waals surface area contributed by atoms with Crippen molar-refractivity contribution >= 4 is 147 Å². The molecule has 10 rings (SSSR count). The molecule has 2 aromatic carbocycles. The molecule has 0 atom stereocenters. The quantitative estimate of drug-likeness (QED) is 0.0982. The monoisotopic (exact) mass is 1730 g/mol. The molecule has 0 aliphatic heterocycles. The molecular weight excluding hydrogens is 1670 g/mol. The number of hydrogen-bond acceptors (Lipinski definition) is 10. The van der Waals surface area contributed by atoms with Crippen LogP contribution in [0, 0.1) is 6.92 Å². The zero-order valence-corrected chi connectivity index (χ0v) is 57.8. The van der Waals surface area contributed by atoms with Crippen LogP contribution in [0.1, 0.15) is 77.4 Å². The molecule has 0 unspecified atom stereocenters. The van der Waals surface area contributed by atoms with Gasteiger partial charge in [-0.05, 0) is 67.6 Å². The van der Waals surface area contributed by atoms with Crippen LogP contribution in [0.5, 0.6) is 0 Å². The normalized spacial score (nSPS) is 9.36. The Bertz CT molecular complexity index is 2940. The van der Waals surface area contributed by atoms with Gasteiger partial charge in [-0.3, -0.25) is 14.8 Å². The second-order valence-corrected chi connectivity index (χ2v) is 60.1. The molecule has 10 aromatic rings. The van der Waals surface area contributed by atoms with E-state index in [2.05, 4.69) is 169 Å². The van der Waals surface area contributed by atoms with Crippen molar-refractivity contribution in [2.45, 2.75) is 68.9 Å². The summed E-state index contributed by atoms with van der Waals surface area (Å²) in [6.45, 7) is 18.7. The van der Waals surface area contributed by atoms with Gasteiger partial charge in [0.1, 0.15) is 24.2 Å². The van der Waals surface area contributed by atoms with Crippen molar-refractivity contribution in [3.05, 3.63) is 176 Å². The Morgan fingerprint density at radius 1 is 0.589 bits per heavy atom. The first-order valence-corrected chi connectivity index (χ1v) is 45.4. The molecule has 0 aliphatic rings. The van der Waals surface area contributed by atoms with E-state index in [0.717, 1.165) is 56.7 Å². The van der Waals surface area contributed by atoms with E-state index in [1.165, 1.54) is 11.9 Å². The predicted molar refractivity (Wildman–Crippen MR) is 349 cm³/mol. The molecule has 0 radical (unpaired) electrons. The van der Waals surface area contributed by atoms with E-state index in [1.807, 2.05) is 177 Å². The van der Waals surface area contributed by atoms with Crippen LogP contribution in [0.4, 0.5) is 5.69 Å². The first-order chi connectivity index (χ1) is 35.3. The molecule has 0 saturated heterocycles. The average molecular weight is 1730 g/mol. The van der Waals surface area contributed by atoms with Crippen LogP contribution in [0.3, 0.4) is 0 Å². The van der Waals surface area contributed by atoms with Crippen molar-refractivity contribution in [2.75, 3.05) is 5.32 Å². The number of para-hydroxylation sites is 1. The van der Waals surface area contributed by atoms with Gasteiger partial charge in [-0.15, -0.1) is 24.0 Å². The molecule has 0 fully saturated rings. The summed E-state index contributed by atoms with van der Waals surface area (Å²) in [4.78, 5) is 43.5. The summed E-state index contributed by atoms with van der Waals surface area (Å²) in [6.07, 6.45) is 10.9. The molecule has 8 aromatic heterocycles. The second kappa shape index (κ2) is 41.6. The Balaban J connectivity index is 0.000000524. The number of halogens is 6. The van der Waals surface area contributed by atoms with E-state index < -0.39 is 0 Å². The fourth-order valence-corrected chi connectivity index (χ4v) is 5.95. The molecule has 22 heteroatoms. The standard InChI is InChI=1S/C21H17N7.C15H10N6O.C7H8.4C2H6.6HI.2V/c1-2-6-16(7-3-1)23-12-18-26-20(21(27-18)17-8-4-5-11-22-17)15-9-10-19-24-14-25-28(19)13-15;22-8-12-19-14(15(20-12)11-3-1-2-6-16-11)10-4-5-13-17-9-18-21(13)7-10;1-7-5-3-2-4-6-7;4*1-2;;;;;;;;/h1-11,13-14,23H,12H2,(H,26,27);1-9H,(H,19,20);2-6H,1H3;4*1-2H3;6*1H;;/q;;;;;;;;;;;;;+2;+3/p-5. The molecule has 0 aliphatic carbocycles. The first kappa shape index (κ1) is 68.4. The van der Waals surface area contributed by atoms with Crippen molar-refractivity contribution in [3.63, 3.8) is 0 Å². The van der Waals surface area contributed by atoms with E-state index >= 15 is 0 Å². The van der Waals surface area contributed by atoms with Crippen molar-refractivity contribution in [1.29, 1.82) is 0 Å². The van der Waals surface area contributed by atoms with Gasteiger partial charge in [-0.2, -0.15) is 10.2 Å². The van der Waals surface area contributed by atoms with Gasteiger partial charge in [-0.1, -0.05) is 122 Å². The maximum absolute atomic E-state index is 11.1. The maximum atomic E-state index is 11.1. The number of hydrogen-bond donors (Lipinski definition) is 3. The minimum absolute atomic E-state index is 0. The minimum Gasteiger partial charge on any atom is -0.378 e. The third kappa shape index (κ3) is 24.1. The molecule has 14 nitrogen and oxygen atoms in total. The molecule has 0 bridgehead atoms. The van der Waals surface area contributed by atoms with Crippen LogP contribution in [0.2, 0.25) is 0 Å². The van der Waals surface area contributed by atoms with E-state index in [0.29, 0.717) is 33.7 Å². The fourth-order valence-electron chi connectivity index (χ4n) is 5.95. The van der Waals surface area contributed by atoms with Gasteiger partial charge in [0, 0.05) is 41.6 Å².